The van der Waals surface area contributed by atoms with E-state index in [0.717, 1.165) is 12.1 Å². The van der Waals surface area contributed by atoms with Crippen LogP contribution in [0.2, 0.25) is 0 Å². The number of nitrogens with zero attached hydrogens (tertiary/aromatic N) is 1. The van der Waals surface area contributed by atoms with Gasteiger partial charge < -0.3 is 15.4 Å². The standard InChI is InChI=1S/C20H24N2O2.ClH/c21-11-18-12-22(13-19(18)17-9-5-2-6-10-17)20(23)15-24-14-16-7-3-1-4-8-16;/h1-10,18-19H,11-15,21H2;1H/t18-,19+;/m1./s1. The third-order valence-electron chi connectivity index (χ3n) is 4.66. The van der Waals surface area contributed by atoms with E-state index in [4.69, 9.17) is 10.5 Å². The molecule has 2 aromatic carbocycles. The first-order valence-electron chi connectivity index (χ1n) is 8.42. The number of nitrogens with two attached hydrogens (primary N) is 1. The van der Waals surface area contributed by atoms with Gasteiger partial charge in [-0.2, -0.15) is 0 Å². The number of halogens is 1. The molecule has 3 rings (SSSR count). The molecule has 1 aliphatic rings. The third kappa shape index (κ3) is 5.05. The fourth-order valence-corrected chi connectivity index (χ4v) is 3.31. The van der Waals surface area contributed by atoms with Crippen LogP contribution in [0.15, 0.2) is 60.7 Å². The Balaban J connectivity index is 0.00000225. The predicted octanol–water partition coefficient (Wildman–Crippen LogP) is 2.83. The van der Waals surface area contributed by atoms with Gasteiger partial charge in [0.25, 0.3) is 0 Å². The number of likely N-dealkylation sites (tertiary alicyclic amines) is 1. The van der Waals surface area contributed by atoms with Crippen molar-refractivity contribution in [3.05, 3.63) is 71.8 Å². The first-order chi connectivity index (χ1) is 11.8. The Morgan fingerprint density at radius 1 is 1.04 bits per heavy atom. The molecule has 0 bridgehead atoms. The summed E-state index contributed by atoms with van der Waals surface area (Å²) in [5.74, 6) is 0.669. The predicted molar refractivity (Wildman–Crippen MR) is 102 cm³/mol. The molecule has 1 fully saturated rings. The lowest BCUT2D eigenvalue weighted by molar-refractivity contribution is -0.135. The summed E-state index contributed by atoms with van der Waals surface area (Å²) in [7, 11) is 0. The SMILES string of the molecule is Cl.NC[C@@H]1CN(C(=O)COCc2ccccc2)C[C@H]1c1ccccc1. The van der Waals surface area contributed by atoms with Crippen molar-refractivity contribution < 1.29 is 9.53 Å². The second kappa shape index (κ2) is 9.56. The van der Waals surface area contributed by atoms with Crippen LogP contribution in [0.5, 0.6) is 0 Å². The van der Waals surface area contributed by atoms with E-state index in [1.165, 1.54) is 5.56 Å². The number of rotatable bonds is 6. The second-order valence-corrected chi connectivity index (χ2v) is 6.29. The molecule has 0 unspecified atom stereocenters. The Morgan fingerprint density at radius 2 is 1.68 bits per heavy atom. The highest BCUT2D eigenvalue weighted by molar-refractivity contribution is 5.85. The fraction of sp³-hybridized carbons (Fsp3) is 0.350. The molecule has 4 nitrogen and oxygen atoms in total. The molecular weight excluding hydrogens is 336 g/mol. The van der Waals surface area contributed by atoms with Crippen LogP contribution >= 0.6 is 12.4 Å². The number of hydrogen-bond donors (Lipinski definition) is 1. The normalized spacial score (nSPS) is 19.5. The average Bonchev–Trinajstić information content (AvgIpc) is 3.08. The van der Waals surface area contributed by atoms with Crippen LogP contribution in [0, 0.1) is 5.92 Å². The highest BCUT2D eigenvalue weighted by Gasteiger charge is 2.35. The summed E-state index contributed by atoms with van der Waals surface area (Å²) in [4.78, 5) is 14.3. The van der Waals surface area contributed by atoms with Crippen molar-refractivity contribution in [2.45, 2.75) is 12.5 Å². The molecule has 2 aromatic rings. The summed E-state index contributed by atoms with van der Waals surface area (Å²) in [5.41, 5.74) is 8.27. The molecule has 0 aliphatic carbocycles. The minimum Gasteiger partial charge on any atom is -0.367 e. The first kappa shape index (κ1) is 19.4. The number of carbonyl (C=O) groups is 1. The van der Waals surface area contributed by atoms with E-state index in [9.17, 15) is 4.79 Å². The number of hydrogen-bond acceptors (Lipinski definition) is 3. The molecule has 2 N–H and O–H groups in total. The average molecular weight is 361 g/mol. The Bertz CT molecular complexity index is 651. The zero-order chi connectivity index (χ0) is 16.8. The zero-order valence-corrected chi connectivity index (χ0v) is 15.0. The molecule has 0 radical (unpaired) electrons. The van der Waals surface area contributed by atoms with Crippen molar-refractivity contribution in [3.63, 3.8) is 0 Å². The molecule has 134 valence electrons. The van der Waals surface area contributed by atoms with Crippen LogP contribution < -0.4 is 5.73 Å². The lowest BCUT2D eigenvalue weighted by atomic mass is 9.89. The maximum atomic E-state index is 12.4. The largest absolute Gasteiger partial charge is 0.367 e. The lowest BCUT2D eigenvalue weighted by Crippen LogP contribution is -2.32. The maximum absolute atomic E-state index is 12.4. The van der Waals surface area contributed by atoms with Gasteiger partial charge in [-0.1, -0.05) is 60.7 Å². The van der Waals surface area contributed by atoms with E-state index in [0.29, 0.717) is 31.5 Å². The van der Waals surface area contributed by atoms with Crippen molar-refractivity contribution in [2.75, 3.05) is 26.2 Å². The Morgan fingerprint density at radius 3 is 2.32 bits per heavy atom. The van der Waals surface area contributed by atoms with Gasteiger partial charge in [-0.15, -0.1) is 12.4 Å². The van der Waals surface area contributed by atoms with Gasteiger partial charge in [-0.25, -0.2) is 0 Å². The van der Waals surface area contributed by atoms with Gasteiger partial charge in [0.15, 0.2) is 0 Å². The van der Waals surface area contributed by atoms with E-state index in [1.54, 1.807) is 0 Å². The molecular formula is C20H25ClN2O2. The molecule has 0 saturated carbocycles. The summed E-state index contributed by atoms with van der Waals surface area (Å²) < 4.78 is 5.58. The summed E-state index contributed by atoms with van der Waals surface area (Å²) in [6.07, 6.45) is 0. The van der Waals surface area contributed by atoms with Crippen LogP contribution in [0.3, 0.4) is 0 Å². The maximum Gasteiger partial charge on any atom is 0.248 e. The van der Waals surface area contributed by atoms with E-state index in [2.05, 4.69) is 12.1 Å². The zero-order valence-electron chi connectivity index (χ0n) is 14.2. The molecule has 0 spiro atoms. The Kier molecular flexibility index (Phi) is 7.44. The van der Waals surface area contributed by atoms with Crippen molar-refractivity contribution in [1.29, 1.82) is 0 Å². The molecule has 2 atom stereocenters. The Hall–Kier alpha value is -1.88. The number of ether oxygens (including phenoxy) is 1. The van der Waals surface area contributed by atoms with Crippen LogP contribution in [0.1, 0.15) is 17.0 Å². The van der Waals surface area contributed by atoms with E-state index >= 15 is 0 Å². The lowest BCUT2D eigenvalue weighted by Gasteiger charge is -2.17. The van der Waals surface area contributed by atoms with Crippen LogP contribution in [0.25, 0.3) is 0 Å². The van der Waals surface area contributed by atoms with Gasteiger partial charge in [0, 0.05) is 19.0 Å². The first-order valence-corrected chi connectivity index (χ1v) is 8.42. The van der Waals surface area contributed by atoms with Crippen LogP contribution in [-0.4, -0.2) is 37.0 Å². The number of carbonyl (C=O) groups excluding carboxylic acids is 1. The molecule has 1 saturated heterocycles. The number of benzene rings is 2. The highest BCUT2D eigenvalue weighted by atomic mass is 35.5. The third-order valence-corrected chi connectivity index (χ3v) is 4.66. The van der Waals surface area contributed by atoms with Crippen molar-refractivity contribution in [1.82, 2.24) is 4.90 Å². The smallest absolute Gasteiger partial charge is 0.248 e. The topological polar surface area (TPSA) is 55.6 Å². The summed E-state index contributed by atoms with van der Waals surface area (Å²) in [6.45, 7) is 2.60. The minimum atomic E-state index is 0. The van der Waals surface area contributed by atoms with Gasteiger partial charge in [0.1, 0.15) is 6.61 Å². The van der Waals surface area contributed by atoms with Gasteiger partial charge in [0.2, 0.25) is 5.91 Å². The quantitative estimate of drug-likeness (QED) is 0.861. The van der Waals surface area contributed by atoms with Crippen LogP contribution in [0.4, 0.5) is 0 Å². The highest BCUT2D eigenvalue weighted by Crippen LogP contribution is 2.31. The monoisotopic (exact) mass is 360 g/mol. The minimum absolute atomic E-state index is 0. The van der Waals surface area contributed by atoms with Gasteiger partial charge >= 0.3 is 0 Å². The molecule has 1 amide bonds. The molecule has 1 aliphatic heterocycles. The Labute approximate surface area is 155 Å². The second-order valence-electron chi connectivity index (χ2n) is 6.29. The van der Waals surface area contributed by atoms with Crippen molar-refractivity contribution in [3.8, 4) is 0 Å². The molecule has 25 heavy (non-hydrogen) atoms. The van der Waals surface area contributed by atoms with Crippen LogP contribution in [-0.2, 0) is 16.1 Å². The molecule has 0 aromatic heterocycles. The summed E-state index contributed by atoms with van der Waals surface area (Å²) >= 11 is 0. The number of amides is 1. The summed E-state index contributed by atoms with van der Waals surface area (Å²) in [5, 5.41) is 0. The van der Waals surface area contributed by atoms with E-state index < -0.39 is 0 Å². The van der Waals surface area contributed by atoms with Gasteiger partial charge in [-0.05, 0) is 23.6 Å². The van der Waals surface area contributed by atoms with Crippen molar-refractivity contribution >= 4 is 18.3 Å². The van der Waals surface area contributed by atoms with E-state index in [-0.39, 0.29) is 24.9 Å². The fourth-order valence-electron chi connectivity index (χ4n) is 3.31. The van der Waals surface area contributed by atoms with Gasteiger partial charge in [0.05, 0.1) is 6.61 Å². The van der Waals surface area contributed by atoms with E-state index in [1.807, 2.05) is 53.4 Å². The molecule has 1 heterocycles. The molecule has 5 heteroatoms. The summed E-state index contributed by atoms with van der Waals surface area (Å²) in [6, 6.07) is 20.2. The van der Waals surface area contributed by atoms with Crippen molar-refractivity contribution in [2.24, 2.45) is 11.7 Å². The van der Waals surface area contributed by atoms with Gasteiger partial charge in [-0.3, -0.25) is 4.79 Å².